The van der Waals surface area contributed by atoms with Crippen molar-refractivity contribution in [1.29, 1.82) is 0 Å². The Morgan fingerprint density at radius 1 is 1.00 bits per heavy atom. The van der Waals surface area contributed by atoms with Crippen molar-refractivity contribution in [3.63, 3.8) is 0 Å². The molecule has 0 atom stereocenters. The normalized spacial score (nSPS) is 18.4. The van der Waals surface area contributed by atoms with E-state index in [9.17, 15) is 30.7 Å². The van der Waals surface area contributed by atoms with Crippen molar-refractivity contribution in [2.45, 2.75) is 24.4 Å². The number of allylic oxidation sites excluding steroid dienone is 4. The second-order valence-electron chi connectivity index (χ2n) is 3.19. The van der Waals surface area contributed by atoms with Crippen LogP contribution < -0.4 is 0 Å². The third kappa shape index (κ3) is 2.02. The van der Waals surface area contributed by atoms with E-state index in [0.29, 0.717) is 6.08 Å². The first kappa shape index (κ1) is 14.0. The predicted molar refractivity (Wildman–Crippen MR) is 42.5 cm³/mol. The van der Waals surface area contributed by atoms with Gasteiger partial charge in [0.2, 0.25) is 0 Å². The minimum atomic E-state index is -6.26. The molecular formula is C8H4F7Tl. The van der Waals surface area contributed by atoms with Gasteiger partial charge in [0.05, 0.1) is 0 Å². The second-order valence-corrected chi connectivity index (χ2v) is 5.90. The zero-order valence-corrected chi connectivity index (χ0v) is 12.1. The number of alkyl halides is 7. The van der Waals surface area contributed by atoms with Gasteiger partial charge in [-0.1, -0.05) is 0 Å². The van der Waals surface area contributed by atoms with Gasteiger partial charge in [-0.3, -0.25) is 0 Å². The molecule has 0 aromatic carbocycles. The van der Waals surface area contributed by atoms with Gasteiger partial charge in [-0.15, -0.1) is 0 Å². The fourth-order valence-corrected chi connectivity index (χ4v) is 2.78. The summed E-state index contributed by atoms with van der Waals surface area (Å²) in [6, 6.07) is 0. The van der Waals surface area contributed by atoms with E-state index in [-0.39, 0.29) is 35.3 Å². The molecule has 0 spiro atoms. The fourth-order valence-electron chi connectivity index (χ4n) is 1.17. The van der Waals surface area contributed by atoms with Gasteiger partial charge in [0.1, 0.15) is 0 Å². The van der Waals surface area contributed by atoms with E-state index in [4.69, 9.17) is 0 Å². The second kappa shape index (κ2) is 3.98. The Balaban J connectivity index is 3.21. The van der Waals surface area contributed by atoms with Crippen LogP contribution in [0.5, 0.6) is 0 Å². The van der Waals surface area contributed by atoms with Gasteiger partial charge >= 0.3 is 102 Å². The van der Waals surface area contributed by atoms with Gasteiger partial charge in [-0.2, -0.15) is 0 Å². The average molecular weight is 437 g/mol. The van der Waals surface area contributed by atoms with E-state index in [2.05, 4.69) is 0 Å². The van der Waals surface area contributed by atoms with E-state index in [0.717, 1.165) is 6.08 Å². The zero-order valence-electron chi connectivity index (χ0n) is 7.58. The van der Waals surface area contributed by atoms with Crippen LogP contribution in [-0.4, -0.2) is 43.8 Å². The molecule has 0 amide bonds. The summed E-state index contributed by atoms with van der Waals surface area (Å²) in [5, 5.41) is 0. The molecule has 0 saturated carbocycles. The number of hydrogen-bond acceptors (Lipinski definition) is 0. The molecule has 0 N–H and O–H groups in total. The first-order valence-electron chi connectivity index (χ1n) is 4.00. The first-order valence-corrected chi connectivity index (χ1v) is 6.24. The predicted octanol–water partition coefficient (Wildman–Crippen LogP) is 3.20. The molecule has 0 nitrogen and oxygen atoms in total. The molecule has 0 radical (unpaired) electrons. The SMILES string of the molecule is FC(F)(F)C(F)(F)C(F)(F)C1=[C]([Tl])CC=C1. The maximum atomic E-state index is 13.1. The van der Waals surface area contributed by atoms with Crippen LogP contribution in [-0.2, 0) is 0 Å². The Morgan fingerprint density at radius 2 is 1.50 bits per heavy atom. The molecule has 1 rings (SSSR count). The van der Waals surface area contributed by atoms with Gasteiger partial charge in [-0.05, 0) is 0 Å². The molecule has 1 aliphatic rings. The van der Waals surface area contributed by atoms with Crippen molar-refractivity contribution >= 4 is 25.8 Å². The topological polar surface area (TPSA) is 0 Å². The van der Waals surface area contributed by atoms with Crippen molar-refractivity contribution in [2.75, 3.05) is 0 Å². The van der Waals surface area contributed by atoms with Crippen LogP contribution in [0.3, 0.4) is 0 Å². The molecule has 0 aromatic rings. The number of halogens is 7. The molecule has 0 saturated heterocycles. The summed E-state index contributed by atoms with van der Waals surface area (Å²) < 4.78 is 86.9. The fraction of sp³-hybridized carbons (Fsp3) is 0.500. The van der Waals surface area contributed by atoms with Crippen LogP contribution in [0.25, 0.3) is 0 Å². The summed E-state index contributed by atoms with van der Waals surface area (Å²) in [6.07, 6.45) is -4.42. The van der Waals surface area contributed by atoms with Gasteiger partial charge in [0.15, 0.2) is 0 Å². The molecule has 16 heavy (non-hydrogen) atoms. The monoisotopic (exact) mass is 438 g/mol. The minimum absolute atomic E-state index is 0.0195. The van der Waals surface area contributed by atoms with E-state index >= 15 is 0 Å². The van der Waals surface area contributed by atoms with Crippen molar-refractivity contribution in [1.82, 2.24) is 0 Å². The van der Waals surface area contributed by atoms with E-state index in [1.165, 1.54) is 0 Å². The Bertz CT molecular complexity index is 350. The average Bonchev–Trinajstić information content (AvgIpc) is 2.49. The molecule has 0 bridgehead atoms. The Morgan fingerprint density at radius 3 is 1.81 bits per heavy atom. The summed E-state index contributed by atoms with van der Waals surface area (Å²) in [6.45, 7) is 0. The summed E-state index contributed by atoms with van der Waals surface area (Å²) in [4.78, 5) is 0. The van der Waals surface area contributed by atoms with Crippen LogP contribution in [0, 0.1) is 0 Å². The summed E-state index contributed by atoms with van der Waals surface area (Å²) in [5.74, 6) is -11.2. The Labute approximate surface area is 102 Å². The summed E-state index contributed by atoms with van der Waals surface area (Å²) in [5.41, 5.74) is -1.18. The van der Waals surface area contributed by atoms with Gasteiger partial charge in [-0.25, -0.2) is 0 Å². The molecule has 0 unspecified atom stereocenters. The number of rotatable bonds is 2. The Hall–Kier alpha value is -0.0879. The number of hydrogen-bond donors (Lipinski definition) is 0. The van der Waals surface area contributed by atoms with Crippen molar-refractivity contribution in [2.24, 2.45) is 0 Å². The summed E-state index contributed by atoms with van der Waals surface area (Å²) in [7, 11) is 0. The van der Waals surface area contributed by atoms with E-state index < -0.39 is 23.6 Å². The van der Waals surface area contributed by atoms with Crippen molar-refractivity contribution in [3.8, 4) is 0 Å². The molecule has 0 fully saturated rings. The van der Waals surface area contributed by atoms with Gasteiger partial charge in [0, 0.05) is 0 Å². The van der Waals surface area contributed by atoms with Crippen LogP contribution in [0.2, 0.25) is 0 Å². The van der Waals surface area contributed by atoms with Crippen LogP contribution in [0.1, 0.15) is 6.42 Å². The molecule has 0 aliphatic heterocycles. The molecule has 1 aliphatic carbocycles. The molecule has 0 aromatic heterocycles. The third-order valence-corrected chi connectivity index (χ3v) is 4.18. The Kier molecular flexibility index (Phi) is 3.48. The molecule has 0 heterocycles. The van der Waals surface area contributed by atoms with Crippen LogP contribution in [0.4, 0.5) is 30.7 Å². The molecule has 8 heteroatoms. The standard InChI is InChI=1S/C8H4F7.Tl/c9-6(10,5-3-1-2-4-5)7(11,12)8(13,14)15;/h1,3H,2H2;. The summed E-state index contributed by atoms with van der Waals surface area (Å²) >= 11 is -0.190. The van der Waals surface area contributed by atoms with Crippen LogP contribution >= 0.6 is 0 Å². The third-order valence-electron chi connectivity index (χ3n) is 2.06. The zero-order chi connectivity index (χ0) is 12.8. The maximum absolute atomic E-state index is 13.1. The molecular weight excluding hydrogens is 433 g/mol. The quantitative estimate of drug-likeness (QED) is 0.460. The van der Waals surface area contributed by atoms with Crippen molar-refractivity contribution < 1.29 is 30.7 Å². The van der Waals surface area contributed by atoms with Crippen molar-refractivity contribution in [3.05, 3.63) is 20.9 Å². The van der Waals surface area contributed by atoms with E-state index in [1.807, 2.05) is 0 Å². The van der Waals surface area contributed by atoms with E-state index in [1.54, 1.807) is 0 Å². The van der Waals surface area contributed by atoms with Gasteiger partial charge in [0.25, 0.3) is 0 Å². The first-order chi connectivity index (χ1) is 7.02. The van der Waals surface area contributed by atoms with Gasteiger partial charge < -0.3 is 0 Å². The van der Waals surface area contributed by atoms with Crippen LogP contribution in [0.15, 0.2) is 20.9 Å². The molecule has 88 valence electrons.